The van der Waals surface area contributed by atoms with E-state index < -0.39 is 5.97 Å². The van der Waals surface area contributed by atoms with E-state index in [1.165, 1.54) is 42.4 Å². The molecule has 3 heterocycles. The molecular weight excluding hydrogens is 640 g/mol. The van der Waals surface area contributed by atoms with Crippen molar-refractivity contribution in [3.63, 3.8) is 0 Å². The Balaban J connectivity index is 0.000000182. The average Bonchev–Trinajstić information content (AvgIpc) is 3.83. The van der Waals surface area contributed by atoms with Crippen LogP contribution in [-0.4, -0.2) is 65.8 Å². The summed E-state index contributed by atoms with van der Waals surface area (Å²) < 4.78 is 0. The van der Waals surface area contributed by atoms with Gasteiger partial charge in [-0.05, 0) is 122 Å². The second kappa shape index (κ2) is 14.7. The molecule has 1 aliphatic heterocycles. The molecule has 0 unspecified atom stereocenters. The number of benzene rings is 3. The number of amides is 1. The van der Waals surface area contributed by atoms with E-state index in [-0.39, 0.29) is 5.91 Å². The number of carboxylic acids is 1. The summed E-state index contributed by atoms with van der Waals surface area (Å²) in [7, 11) is 0. The fourth-order valence-corrected chi connectivity index (χ4v) is 7.56. The van der Waals surface area contributed by atoms with Crippen LogP contribution in [-0.2, 0) is 0 Å². The monoisotopic (exact) mass is 682 g/mol. The molecule has 5 aromatic rings. The zero-order valence-corrected chi connectivity index (χ0v) is 29.0. The number of hydrogen-bond donors (Lipinski definition) is 3. The lowest BCUT2D eigenvalue weighted by Gasteiger charge is -2.33. The number of nitriles is 1. The van der Waals surface area contributed by atoms with E-state index in [4.69, 9.17) is 5.26 Å². The second-order valence-corrected chi connectivity index (χ2v) is 14.1. The van der Waals surface area contributed by atoms with Gasteiger partial charge < -0.3 is 10.0 Å². The van der Waals surface area contributed by atoms with E-state index in [0.29, 0.717) is 34.6 Å². The Morgan fingerprint density at radius 3 is 1.69 bits per heavy atom. The third-order valence-electron chi connectivity index (χ3n) is 11.0. The maximum absolute atomic E-state index is 13.5. The fraction of sp³-hybridized carbons (Fsp3) is 0.375. The highest BCUT2D eigenvalue weighted by Gasteiger charge is 2.29. The first-order valence-electron chi connectivity index (χ1n) is 17.8. The van der Waals surface area contributed by atoms with Crippen molar-refractivity contribution in [3.8, 4) is 28.6 Å². The number of carbonyl (C=O) groups is 2. The van der Waals surface area contributed by atoms with Gasteiger partial charge in [-0.1, -0.05) is 37.1 Å². The number of rotatable bonds is 7. The molecule has 8 rings (SSSR count). The molecular formula is C40H42N8O3. The summed E-state index contributed by atoms with van der Waals surface area (Å²) in [6.45, 7) is 5.38. The number of aromatic amines is 2. The molecule has 0 atom stereocenters. The molecule has 1 saturated heterocycles. The van der Waals surface area contributed by atoms with Gasteiger partial charge in [0.2, 0.25) is 0 Å². The van der Waals surface area contributed by atoms with Gasteiger partial charge in [0.15, 0.2) is 0 Å². The predicted octanol–water partition coefficient (Wildman–Crippen LogP) is 7.68. The number of piperidine rings is 1. The fourth-order valence-electron chi connectivity index (χ4n) is 7.56. The number of nitrogens with zero attached hydrogens (tertiary/aromatic N) is 6. The third kappa shape index (κ3) is 7.04. The zero-order valence-electron chi connectivity index (χ0n) is 29.0. The first-order valence-corrected chi connectivity index (χ1v) is 17.8. The molecule has 2 aliphatic carbocycles. The number of aromatic carboxylic acids is 1. The van der Waals surface area contributed by atoms with Crippen LogP contribution in [0.25, 0.3) is 22.5 Å². The average molecular weight is 683 g/mol. The molecule has 3 N–H and O–H groups in total. The van der Waals surface area contributed by atoms with Gasteiger partial charge in [0.1, 0.15) is 11.4 Å². The first kappa shape index (κ1) is 33.8. The number of aryl methyl sites for hydroxylation is 2. The molecule has 3 fully saturated rings. The smallest absolute Gasteiger partial charge is 0.335 e. The van der Waals surface area contributed by atoms with E-state index in [0.717, 1.165) is 72.3 Å². The van der Waals surface area contributed by atoms with Crippen molar-refractivity contribution in [2.24, 2.45) is 0 Å². The van der Waals surface area contributed by atoms with Crippen molar-refractivity contribution in [1.82, 2.24) is 35.7 Å². The number of hydrogen-bond acceptors (Lipinski definition) is 7. The van der Waals surface area contributed by atoms with Gasteiger partial charge in [-0.25, -0.2) is 4.79 Å². The van der Waals surface area contributed by atoms with Crippen LogP contribution in [0.3, 0.4) is 0 Å². The number of likely N-dealkylation sites (tertiary alicyclic amines) is 1. The van der Waals surface area contributed by atoms with Crippen LogP contribution < -0.4 is 0 Å². The Labute approximate surface area is 297 Å². The Hall–Kier alpha value is -5.63. The summed E-state index contributed by atoms with van der Waals surface area (Å²) in [5.74, 6) is 0.702. The Morgan fingerprint density at radius 1 is 0.745 bits per heavy atom. The molecule has 260 valence electrons. The molecule has 1 amide bonds. The van der Waals surface area contributed by atoms with Gasteiger partial charge in [0.25, 0.3) is 5.91 Å². The van der Waals surface area contributed by atoms with E-state index in [2.05, 4.69) is 43.0 Å². The minimum atomic E-state index is -0.901. The summed E-state index contributed by atoms with van der Waals surface area (Å²) >= 11 is 0. The first-order chi connectivity index (χ1) is 24.8. The Kier molecular flexibility index (Phi) is 9.75. The van der Waals surface area contributed by atoms with Crippen LogP contribution in [0.5, 0.6) is 0 Å². The zero-order chi connectivity index (χ0) is 35.5. The minimum absolute atomic E-state index is 0.102. The van der Waals surface area contributed by atoms with Crippen molar-refractivity contribution in [1.29, 1.82) is 5.26 Å². The van der Waals surface area contributed by atoms with E-state index in [1.54, 1.807) is 18.5 Å². The van der Waals surface area contributed by atoms with Crippen LogP contribution in [0, 0.1) is 25.2 Å². The molecule has 0 radical (unpaired) electrons. The summed E-state index contributed by atoms with van der Waals surface area (Å²) in [4.78, 5) is 26.7. The van der Waals surface area contributed by atoms with Crippen molar-refractivity contribution < 1.29 is 14.7 Å². The topological polar surface area (TPSA) is 165 Å². The van der Waals surface area contributed by atoms with E-state index in [9.17, 15) is 14.7 Å². The lowest BCUT2D eigenvalue weighted by molar-refractivity contribution is 0.0692. The normalized spacial score (nSPS) is 16.4. The van der Waals surface area contributed by atoms with Gasteiger partial charge in [-0.2, -0.15) is 36.1 Å². The molecule has 11 nitrogen and oxygen atoms in total. The van der Waals surface area contributed by atoms with E-state index >= 15 is 0 Å². The maximum atomic E-state index is 13.5. The summed E-state index contributed by atoms with van der Waals surface area (Å²) in [6, 6.07) is 18.0. The van der Waals surface area contributed by atoms with E-state index in [1.807, 2.05) is 55.1 Å². The molecule has 0 spiro atoms. The molecule has 11 heteroatoms. The summed E-state index contributed by atoms with van der Waals surface area (Å²) in [6.07, 6.45) is 12.5. The maximum Gasteiger partial charge on any atom is 0.335 e. The van der Waals surface area contributed by atoms with Crippen LogP contribution in [0.4, 0.5) is 0 Å². The van der Waals surface area contributed by atoms with Gasteiger partial charge in [-0.3, -0.25) is 4.79 Å². The van der Waals surface area contributed by atoms with Crippen LogP contribution in [0.1, 0.15) is 123 Å². The van der Waals surface area contributed by atoms with Gasteiger partial charge in [0, 0.05) is 29.8 Å². The molecule has 3 aromatic carbocycles. The number of H-pyrrole nitrogens is 2. The molecule has 2 aromatic heterocycles. The highest BCUT2D eigenvalue weighted by atomic mass is 16.4. The molecule has 0 bridgehead atoms. The van der Waals surface area contributed by atoms with Crippen molar-refractivity contribution in [3.05, 3.63) is 105 Å². The highest BCUT2D eigenvalue weighted by Crippen LogP contribution is 2.43. The quantitative estimate of drug-likeness (QED) is 0.157. The second-order valence-electron chi connectivity index (χ2n) is 14.1. The van der Waals surface area contributed by atoms with Crippen molar-refractivity contribution >= 4 is 11.9 Å². The van der Waals surface area contributed by atoms with Crippen molar-refractivity contribution in [2.45, 2.75) is 83.0 Å². The lowest BCUT2D eigenvalue weighted by atomic mass is 9.76. The van der Waals surface area contributed by atoms with Crippen molar-refractivity contribution in [2.75, 3.05) is 13.1 Å². The van der Waals surface area contributed by atoms with Gasteiger partial charge in [-0.15, -0.1) is 0 Å². The number of aromatic nitrogens is 6. The Morgan fingerprint density at radius 2 is 1.25 bits per heavy atom. The van der Waals surface area contributed by atoms with Crippen LogP contribution in [0.15, 0.2) is 60.9 Å². The standard InChI is InChI=1S/C26H27N5O.C14H15N3O2/c1-17-13-23(21-3-2-4-21)24(25-16-28-30-29-25)14-22(17)26(32)31-11-9-20(10-12-31)19-7-5-18(15-27)6-8-19;1-8-5-11(9-3-2-4-9)12(6-10(8)14(18)19)13-7-15-17-16-13/h5-8,13-14,16,20-21H,2-4,9-12H2,1H3,(H,28,29,30);5-7,9H,2-4H2,1H3,(H,18,19)(H,15,16,17). The summed E-state index contributed by atoms with van der Waals surface area (Å²) in [5.41, 5.74) is 10.8. The third-order valence-corrected chi connectivity index (χ3v) is 11.0. The van der Waals surface area contributed by atoms with Crippen LogP contribution in [0.2, 0.25) is 0 Å². The molecule has 3 aliphatic rings. The number of carboxylic acid groups (broad SMARTS) is 1. The van der Waals surface area contributed by atoms with Crippen LogP contribution >= 0.6 is 0 Å². The number of carbonyl (C=O) groups excluding carboxylic acids is 1. The minimum Gasteiger partial charge on any atom is -0.478 e. The molecule has 2 saturated carbocycles. The lowest BCUT2D eigenvalue weighted by Crippen LogP contribution is -2.38. The highest BCUT2D eigenvalue weighted by molar-refractivity contribution is 5.97. The van der Waals surface area contributed by atoms with Gasteiger partial charge in [0.05, 0.1) is 29.6 Å². The molecule has 51 heavy (non-hydrogen) atoms. The Bertz CT molecular complexity index is 2050. The van der Waals surface area contributed by atoms with Gasteiger partial charge >= 0.3 is 5.97 Å². The number of nitrogens with one attached hydrogen (secondary N) is 2. The largest absolute Gasteiger partial charge is 0.478 e. The predicted molar refractivity (Wildman–Crippen MR) is 192 cm³/mol. The summed E-state index contributed by atoms with van der Waals surface area (Å²) in [5, 5.41) is 39.7. The SMILES string of the molecule is Cc1cc(C2CCC2)c(-c2cn[nH]n2)cc1C(=O)N1CCC(c2ccc(C#N)cc2)CC1.Cc1cc(C2CCC2)c(-c2cn[nH]n2)cc1C(=O)O.